The van der Waals surface area contributed by atoms with E-state index in [1.807, 2.05) is 67.6 Å². The van der Waals surface area contributed by atoms with Crippen molar-refractivity contribution in [1.29, 1.82) is 0 Å². The third-order valence-corrected chi connectivity index (χ3v) is 6.17. The molecule has 7 heteroatoms. The van der Waals surface area contributed by atoms with E-state index in [2.05, 4.69) is 21.2 Å². The Hall–Kier alpha value is -3.58. The number of nitrogens with zero attached hydrogens (tertiary/aromatic N) is 1. The van der Waals surface area contributed by atoms with Gasteiger partial charge in [0.2, 0.25) is 5.75 Å². The molecule has 0 bridgehead atoms. The number of carbonyl (C=O) groups is 1. The van der Waals surface area contributed by atoms with Crippen LogP contribution in [-0.2, 0) is 0 Å². The second kappa shape index (κ2) is 10.1. The van der Waals surface area contributed by atoms with Gasteiger partial charge in [0.1, 0.15) is 0 Å². The Balaban J connectivity index is 1.78. The lowest BCUT2D eigenvalue weighted by Gasteiger charge is -2.17. The molecule has 34 heavy (non-hydrogen) atoms. The molecule has 3 aromatic carbocycles. The van der Waals surface area contributed by atoms with Crippen LogP contribution in [0.3, 0.4) is 0 Å². The summed E-state index contributed by atoms with van der Waals surface area (Å²) in [7, 11) is 4.69. The van der Waals surface area contributed by atoms with Gasteiger partial charge in [-0.05, 0) is 48.9 Å². The average Bonchev–Trinajstić information content (AvgIpc) is 2.87. The summed E-state index contributed by atoms with van der Waals surface area (Å²) < 4.78 is 17.4. The van der Waals surface area contributed by atoms with Crippen molar-refractivity contribution in [2.24, 2.45) is 0 Å². The standard InChI is InChI=1S/C27H25BrN2O4/c1-16(17-9-11-19(28)12-10-17)29-27(31)21-15-23(30-22-8-6-5-7-20(21)22)18-13-24(32-2)26(34-4)25(14-18)33-3/h5-16H,1-4H3,(H,29,31). The molecule has 174 valence electrons. The van der Waals surface area contributed by atoms with Crippen LogP contribution in [-0.4, -0.2) is 32.2 Å². The number of ether oxygens (including phenoxy) is 3. The highest BCUT2D eigenvalue weighted by atomic mass is 79.9. The summed E-state index contributed by atoms with van der Waals surface area (Å²) in [6.45, 7) is 1.96. The molecule has 1 amide bonds. The quantitative estimate of drug-likeness (QED) is 0.315. The second-order valence-corrected chi connectivity index (χ2v) is 8.65. The van der Waals surface area contributed by atoms with Crippen molar-refractivity contribution in [3.05, 3.63) is 82.3 Å². The van der Waals surface area contributed by atoms with Crippen LogP contribution in [0.5, 0.6) is 17.2 Å². The summed E-state index contributed by atoms with van der Waals surface area (Å²) in [5.74, 6) is 1.35. The Morgan fingerprint density at radius 1 is 0.912 bits per heavy atom. The number of hydrogen-bond donors (Lipinski definition) is 1. The molecule has 0 aliphatic heterocycles. The van der Waals surface area contributed by atoms with Gasteiger partial charge in [-0.3, -0.25) is 4.79 Å². The normalized spacial score (nSPS) is 11.7. The topological polar surface area (TPSA) is 69.7 Å². The Bertz CT molecular complexity index is 1310. The van der Waals surface area contributed by atoms with Crippen molar-refractivity contribution in [2.45, 2.75) is 13.0 Å². The number of fused-ring (bicyclic) bond motifs is 1. The number of para-hydroxylation sites is 1. The maximum atomic E-state index is 13.4. The van der Waals surface area contributed by atoms with E-state index in [0.29, 0.717) is 28.5 Å². The number of carbonyl (C=O) groups excluding carboxylic acids is 1. The third kappa shape index (κ3) is 4.70. The minimum atomic E-state index is -0.178. The number of methoxy groups -OCH3 is 3. The van der Waals surface area contributed by atoms with Crippen LogP contribution in [0.25, 0.3) is 22.2 Å². The summed E-state index contributed by atoms with van der Waals surface area (Å²) in [4.78, 5) is 18.2. The summed E-state index contributed by atoms with van der Waals surface area (Å²) in [5.41, 5.74) is 3.64. The molecule has 0 radical (unpaired) electrons. The van der Waals surface area contributed by atoms with Crippen LogP contribution in [0.2, 0.25) is 0 Å². The largest absolute Gasteiger partial charge is 0.493 e. The third-order valence-electron chi connectivity index (χ3n) is 5.64. The number of halogens is 1. The Labute approximate surface area is 207 Å². The fourth-order valence-corrected chi connectivity index (χ4v) is 4.11. The summed E-state index contributed by atoms with van der Waals surface area (Å²) >= 11 is 3.45. The van der Waals surface area contributed by atoms with Gasteiger partial charge in [-0.1, -0.05) is 46.3 Å². The monoisotopic (exact) mass is 520 g/mol. The van der Waals surface area contributed by atoms with Crippen LogP contribution >= 0.6 is 15.9 Å². The average molecular weight is 521 g/mol. The fraction of sp³-hybridized carbons (Fsp3) is 0.185. The number of pyridine rings is 1. The fourth-order valence-electron chi connectivity index (χ4n) is 3.85. The zero-order valence-electron chi connectivity index (χ0n) is 19.4. The highest BCUT2D eigenvalue weighted by Gasteiger charge is 2.19. The first kappa shape index (κ1) is 23.6. The molecule has 1 N–H and O–H groups in total. The Kier molecular flexibility index (Phi) is 7.03. The van der Waals surface area contributed by atoms with Gasteiger partial charge in [-0.25, -0.2) is 4.98 Å². The predicted octanol–water partition coefficient (Wildman–Crippen LogP) is 6.18. The number of benzene rings is 3. The molecule has 1 atom stereocenters. The summed E-state index contributed by atoms with van der Waals surface area (Å²) in [6, 6.07) is 20.8. The van der Waals surface area contributed by atoms with Crippen LogP contribution in [0, 0.1) is 0 Å². The molecular formula is C27H25BrN2O4. The van der Waals surface area contributed by atoms with E-state index in [-0.39, 0.29) is 11.9 Å². The van der Waals surface area contributed by atoms with Gasteiger partial charge in [0.05, 0.1) is 44.1 Å². The highest BCUT2D eigenvalue weighted by molar-refractivity contribution is 9.10. The first-order chi connectivity index (χ1) is 16.4. The van der Waals surface area contributed by atoms with Gasteiger partial charge < -0.3 is 19.5 Å². The maximum absolute atomic E-state index is 13.4. The first-order valence-electron chi connectivity index (χ1n) is 10.7. The molecule has 0 fully saturated rings. The van der Waals surface area contributed by atoms with Crippen LogP contribution in [0.4, 0.5) is 0 Å². The smallest absolute Gasteiger partial charge is 0.252 e. The van der Waals surface area contributed by atoms with E-state index in [1.54, 1.807) is 27.4 Å². The van der Waals surface area contributed by atoms with Crippen molar-refractivity contribution in [3.8, 4) is 28.5 Å². The predicted molar refractivity (Wildman–Crippen MR) is 137 cm³/mol. The van der Waals surface area contributed by atoms with E-state index in [0.717, 1.165) is 26.5 Å². The summed E-state index contributed by atoms with van der Waals surface area (Å²) in [5, 5.41) is 3.89. The molecule has 0 aliphatic rings. The molecule has 0 saturated heterocycles. The number of amides is 1. The van der Waals surface area contributed by atoms with E-state index >= 15 is 0 Å². The minimum absolute atomic E-state index is 0.169. The number of nitrogens with one attached hydrogen (secondary N) is 1. The molecule has 0 saturated carbocycles. The molecule has 1 heterocycles. The lowest BCUT2D eigenvalue weighted by atomic mass is 10.0. The van der Waals surface area contributed by atoms with E-state index in [1.165, 1.54) is 0 Å². The van der Waals surface area contributed by atoms with Gasteiger partial charge in [-0.15, -0.1) is 0 Å². The van der Waals surface area contributed by atoms with Crippen molar-refractivity contribution < 1.29 is 19.0 Å². The highest BCUT2D eigenvalue weighted by Crippen LogP contribution is 2.41. The maximum Gasteiger partial charge on any atom is 0.252 e. The zero-order valence-corrected chi connectivity index (χ0v) is 21.0. The van der Waals surface area contributed by atoms with Crippen molar-refractivity contribution in [1.82, 2.24) is 10.3 Å². The van der Waals surface area contributed by atoms with Gasteiger partial charge in [0.15, 0.2) is 11.5 Å². The van der Waals surface area contributed by atoms with Crippen LogP contribution in [0.1, 0.15) is 28.9 Å². The molecule has 4 aromatic rings. The lowest BCUT2D eigenvalue weighted by molar-refractivity contribution is 0.0941. The zero-order chi connectivity index (χ0) is 24.2. The van der Waals surface area contributed by atoms with Crippen molar-refractivity contribution in [2.75, 3.05) is 21.3 Å². The number of aromatic nitrogens is 1. The van der Waals surface area contributed by atoms with Crippen molar-refractivity contribution >= 4 is 32.7 Å². The van der Waals surface area contributed by atoms with Gasteiger partial charge in [0, 0.05) is 15.4 Å². The van der Waals surface area contributed by atoms with E-state index < -0.39 is 0 Å². The van der Waals surface area contributed by atoms with Crippen LogP contribution in [0.15, 0.2) is 71.2 Å². The Morgan fingerprint density at radius 3 is 2.18 bits per heavy atom. The first-order valence-corrected chi connectivity index (χ1v) is 11.5. The molecular weight excluding hydrogens is 496 g/mol. The molecule has 0 aliphatic carbocycles. The molecule has 1 unspecified atom stereocenters. The van der Waals surface area contributed by atoms with Crippen LogP contribution < -0.4 is 19.5 Å². The van der Waals surface area contributed by atoms with Gasteiger partial charge in [-0.2, -0.15) is 0 Å². The number of rotatable bonds is 7. The summed E-state index contributed by atoms with van der Waals surface area (Å²) in [6.07, 6.45) is 0. The van der Waals surface area contributed by atoms with Gasteiger partial charge in [0.25, 0.3) is 5.91 Å². The lowest BCUT2D eigenvalue weighted by Crippen LogP contribution is -2.27. The second-order valence-electron chi connectivity index (χ2n) is 7.73. The number of hydrogen-bond acceptors (Lipinski definition) is 5. The van der Waals surface area contributed by atoms with E-state index in [9.17, 15) is 4.79 Å². The van der Waals surface area contributed by atoms with Gasteiger partial charge >= 0.3 is 0 Å². The molecule has 6 nitrogen and oxygen atoms in total. The minimum Gasteiger partial charge on any atom is -0.493 e. The molecule has 1 aromatic heterocycles. The Morgan fingerprint density at radius 2 is 1.56 bits per heavy atom. The molecule has 4 rings (SSSR count). The van der Waals surface area contributed by atoms with E-state index in [4.69, 9.17) is 19.2 Å². The molecule has 0 spiro atoms. The van der Waals surface area contributed by atoms with Crippen molar-refractivity contribution in [3.63, 3.8) is 0 Å². The SMILES string of the molecule is COc1cc(-c2cc(C(=O)NC(C)c3ccc(Br)cc3)c3ccccc3n2)cc(OC)c1OC.